The number of rotatable bonds is 4. The summed E-state index contributed by atoms with van der Waals surface area (Å²) in [7, 11) is 1.60. The number of carbonyl (C=O) groups is 2. The molecule has 1 aromatic rings. The minimum atomic E-state index is -0.197. The fraction of sp³-hybridized carbons (Fsp3) is 0.333. The van der Waals surface area contributed by atoms with Crippen LogP contribution in [0.25, 0.3) is 0 Å². The number of carbonyl (C=O) groups excluding carboxylic acids is 2. The molecule has 0 fully saturated rings. The van der Waals surface area contributed by atoms with Gasteiger partial charge in [-0.05, 0) is 47.2 Å². The first-order valence-corrected chi connectivity index (χ1v) is 6.37. The highest BCUT2D eigenvalue weighted by Crippen LogP contribution is 2.24. The van der Waals surface area contributed by atoms with E-state index in [1.807, 2.05) is 6.07 Å². The number of hydrogen-bond donors (Lipinski definition) is 0. The zero-order valence-electron chi connectivity index (χ0n) is 9.40. The van der Waals surface area contributed by atoms with E-state index in [0.29, 0.717) is 30.7 Å². The maximum absolute atomic E-state index is 12.0. The summed E-state index contributed by atoms with van der Waals surface area (Å²) < 4.78 is 5.88. The predicted molar refractivity (Wildman–Crippen MR) is 71.0 cm³/mol. The van der Waals surface area contributed by atoms with Crippen LogP contribution in [-0.4, -0.2) is 37.0 Å². The Balaban J connectivity index is 2.20. The van der Waals surface area contributed by atoms with Crippen molar-refractivity contribution >= 4 is 34.4 Å². The molecule has 0 spiro atoms. The fourth-order valence-electron chi connectivity index (χ4n) is 1.83. The van der Waals surface area contributed by atoms with Crippen molar-refractivity contribution < 1.29 is 14.3 Å². The summed E-state index contributed by atoms with van der Waals surface area (Å²) in [5, 5.41) is 0. The molecule has 90 valence electrons. The second-order valence-electron chi connectivity index (χ2n) is 3.80. The van der Waals surface area contributed by atoms with Gasteiger partial charge in [0.15, 0.2) is 0 Å². The van der Waals surface area contributed by atoms with E-state index in [4.69, 9.17) is 4.74 Å². The summed E-state index contributed by atoms with van der Waals surface area (Å²) in [4.78, 5) is 25.3. The second-order valence-corrected chi connectivity index (χ2v) is 5.04. The topological polar surface area (TPSA) is 46.6 Å². The number of hydrogen-bond acceptors (Lipinski definition) is 3. The summed E-state index contributed by atoms with van der Waals surface area (Å²) in [6, 6.07) is 5.31. The summed E-state index contributed by atoms with van der Waals surface area (Å²) in [5.74, 6) is -0.392. The first kappa shape index (κ1) is 12.5. The third kappa shape index (κ3) is 2.35. The van der Waals surface area contributed by atoms with Crippen molar-refractivity contribution in [2.75, 3.05) is 20.3 Å². The van der Waals surface area contributed by atoms with Gasteiger partial charge in [0.25, 0.3) is 11.8 Å². The highest BCUT2D eigenvalue weighted by atomic mass is 127. The van der Waals surface area contributed by atoms with Gasteiger partial charge in [0, 0.05) is 23.8 Å². The highest BCUT2D eigenvalue weighted by Gasteiger charge is 2.34. The number of amides is 2. The number of nitrogens with zero attached hydrogens (tertiary/aromatic N) is 1. The molecular formula is C12H12INO3. The molecule has 1 aromatic carbocycles. The lowest BCUT2D eigenvalue weighted by atomic mass is 10.1. The molecule has 1 aliphatic heterocycles. The number of imide groups is 1. The van der Waals surface area contributed by atoms with Crippen LogP contribution in [0.1, 0.15) is 27.1 Å². The van der Waals surface area contributed by atoms with Crippen molar-refractivity contribution in [1.82, 2.24) is 4.90 Å². The molecule has 1 aliphatic rings. The van der Waals surface area contributed by atoms with Gasteiger partial charge in [0.05, 0.1) is 11.1 Å². The Morgan fingerprint density at radius 1 is 1.24 bits per heavy atom. The molecule has 5 heteroatoms. The van der Waals surface area contributed by atoms with Crippen LogP contribution in [0.5, 0.6) is 0 Å². The van der Waals surface area contributed by atoms with Crippen LogP contribution < -0.4 is 0 Å². The Bertz CT molecular complexity index is 473. The van der Waals surface area contributed by atoms with Crippen LogP contribution in [0.15, 0.2) is 18.2 Å². The number of fused-ring (bicyclic) bond motifs is 1. The van der Waals surface area contributed by atoms with E-state index in [2.05, 4.69) is 22.6 Å². The number of halogens is 1. The van der Waals surface area contributed by atoms with E-state index in [0.717, 1.165) is 3.57 Å². The van der Waals surface area contributed by atoms with Gasteiger partial charge in [-0.3, -0.25) is 14.5 Å². The normalized spacial score (nSPS) is 14.4. The van der Waals surface area contributed by atoms with E-state index < -0.39 is 0 Å². The van der Waals surface area contributed by atoms with Crippen LogP contribution in [0, 0.1) is 3.57 Å². The maximum atomic E-state index is 12.0. The van der Waals surface area contributed by atoms with Crippen LogP contribution in [0.2, 0.25) is 0 Å². The number of methoxy groups -OCH3 is 1. The molecule has 0 saturated carbocycles. The second kappa shape index (κ2) is 5.14. The van der Waals surface area contributed by atoms with Crippen molar-refractivity contribution in [3.8, 4) is 0 Å². The molecule has 0 unspecified atom stereocenters. The lowest BCUT2D eigenvalue weighted by Crippen LogP contribution is -2.31. The largest absolute Gasteiger partial charge is 0.385 e. The van der Waals surface area contributed by atoms with Crippen molar-refractivity contribution in [2.24, 2.45) is 0 Å². The molecule has 1 heterocycles. The number of benzene rings is 1. The molecule has 2 rings (SSSR count). The van der Waals surface area contributed by atoms with Gasteiger partial charge in [-0.2, -0.15) is 0 Å². The van der Waals surface area contributed by atoms with Gasteiger partial charge in [0.2, 0.25) is 0 Å². The molecule has 0 bridgehead atoms. The van der Waals surface area contributed by atoms with E-state index in [9.17, 15) is 9.59 Å². The molecule has 0 atom stereocenters. The Morgan fingerprint density at radius 2 is 1.94 bits per heavy atom. The third-order valence-electron chi connectivity index (χ3n) is 2.66. The van der Waals surface area contributed by atoms with Crippen molar-refractivity contribution in [3.63, 3.8) is 0 Å². The van der Waals surface area contributed by atoms with E-state index in [1.54, 1.807) is 19.2 Å². The van der Waals surface area contributed by atoms with E-state index in [-0.39, 0.29) is 11.8 Å². The quantitative estimate of drug-likeness (QED) is 0.476. The summed E-state index contributed by atoms with van der Waals surface area (Å²) in [6.45, 7) is 0.960. The lowest BCUT2D eigenvalue weighted by molar-refractivity contribution is 0.0638. The minimum Gasteiger partial charge on any atom is -0.385 e. The molecule has 0 N–H and O–H groups in total. The van der Waals surface area contributed by atoms with Crippen LogP contribution in [-0.2, 0) is 4.74 Å². The van der Waals surface area contributed by atoms with E-state index >= 15 is 0 Å². The molecule has 0 aliphatic carbocycles. The van der Waals surface area contributed by atoms with Gasteiger partial charge >= 0.3 is 0 Å². The minimum absolute atomic E-state index is 0.195. The molecule has 0 aromatic heterocycles. The standard InChI is InChI=1S/C12H12INO3/c1-17-6-2-5-14-11(15)9-4-3-8(13)7-10(9)12(14)16/h3-4,7H,2,5-6H2,1H3. The zero-order valence-corrected chi connectivity index (χ0v) is 11.6. The first-order valence-electron chi connectivity index (χ1n) is 5.30. The zero-order chi connectivity index (χ0) is 12.4. The highest BCUT2D eigenvalue weighted by molar-refractivity contribution is 14.1. The van der Waals surface area contributed by atoms with E-state index in [1.165, 1.54) is 4.90 Å². The molecule has 17 heavy (non-hydrogen) atoms. The Morgan fingerprint density at radius 3 is 2.65 bits per heavy atom. The molecule has 4 nitrogen and oxygen atoms in total. The molecule has 0 radical (unpaired) electrons. The summed E-state index contributed by atoms with van der Waals surface area (Å²) in [6.07, 6.45) is 0.666. The molecule has 0 saturated heterocycles. The van der Waals surface area contributed by atoms with Crippen molar-refractivity contribution in [3.05, 3.63) is 32.9 Å². The average molecular weight is 345 g/mol. The third-order valence-corrected chi connectivity index (χ3v) is 3.33. The van der Waals surface area contributed by atoms with Gasteiger partial charge in [-0.1, -0.05) is 0 Å². The SMILES string of the molecule is COCCCN1C(=O)c2ccc(I)cc2C1=O. The predicted octanol–water partition coefficient (Wildman–Crippen LogP) is 1.92. The molecular weight excluding hydrogens is 333 g/mol. The van der Waals surface area contributed by atoms with Gasteiger partial charge in [0.1, 0.15) is 0 Å². The fourth-order valence-corrected chi connectivity index (χ4v) is 2.32. The first-order chi connectivity index (χ1) is 8.15. The smallest absolute Gasteiger partial charge is 0.261 e. The Hall–Kier alpha value is -0.950. The Labute approximate surface area is 113 Å². The van der Waals surface area contributed by atoms with Gasteiger partial charge < -0.3 is 4.74 Å². The monoisotopic (exact) mass is 345 g/mol. The summed E-state index contributed by atoms with van der Waals surface area (Å²) >= 11 is 2.13. The van der Waals surface area contributed by atoms with Crippen LogP contribution >= 0.6 is 22.6 Å². The van der Waals surface area contributed by atoms with Crippen LogP contribution in [0.4, 0.5) is 0 Å². The number of ether oxygens (including phenoxy) is 1. The van der Waals surface area contributed by atoms with Gasteiger partial charge in [-0.15, -0.1) is 0 Å². The van der Waals surface area contributed by atoms with Crippen LogP contribution in [0.3, 0.4) is 0 Å². The van der Waals surface area contributed by atoms with Gasteiger partial charge in [-0.25, -0.2) is 0 Å². The van der Waals surface area contributed by atoms with Crippen molar-refractivity contribution in [2.45, 2.75) is 6.42 Å². The summed E-state index contributed by atoms with van der Waals surface area (Å²) in [5.41, 5.74) is 1.02. The maximum Gasteiger partial charge on any atom is 0.261 e. The lowest BCUT2D eigenvalue weighted by Gasteiger charge is -2.12. The average Bonchev–Trinajstić information content (AvgIpc) is 2.54. The Kier molecular flexibility index (Phi) is 3.78. The molecule has 2 amide bonds. The van der Waals surface area contributed by atoms with Crippen molar-refractivity contribution in [1.29, 1.82) is 0 Å².